The zero-order valence-corrected chi connectivity index (χ0v) is 5.78. The Bertz CT molecular complexity index is 201. The molecule has 0 heterocycles. The van der Waals surface area contributed by atoms with E-state index in [1.165, 1.54) is 0 Å². The maximum Gasteiger partial charge on any atom is 0.115 e. The standard InChI is InChI=1S/C8H10O2/c1-6(9)7-2-4-8(10)5-3-7/h2-6,9-10H,1H3/t6-/m1/s1. The smallest absolute Gasteiger partial charge is 0.115 e. The molecule has 0 aliphatic heterocycles. The van der Waals surface area contributed by atoms with Crippen LogP contribution in [0.1, 0.15) is 18.6 Å². The van der Waals surface area contributed by atoms with Crippen LogP contribution >= 0.6 is 0 Å². The van der Waals surface area contributed by atoms with E-state index in [1.54, 1.807) is 31.2 Å². The first-order valence-electron chi connectivity index (χ1n) is 3.17. The summed E-state index contributed by atoms with van der Waals surface area (Å²) >= 11 is 0. The van der Waals surface area contributed by atoms with E-state index in [0.717, 1.165) is 5.56 Å². The lowest BCUT2D eigenvalue weighted by atomic mass is 10.1. The minimum Gasteiger partial charge on any atom is -0.508 e. The second-order valence-electron chi connectivity index (χ2n) is 2.27. The topological polar surface area (TPSA) is 40.5 Å². The van der Waals surface area contributed by atoms with Crippen molar-refractivity contribution in [3.8, 4) is 5.75 Å². The van der Waals surface area contributed by atoms with Gasteiger partial charge in [-0.2, -0.15) is 0 Å². The number of aliphatic hydroxyl groups is 1. The van der Waals surface area contributed by atoms with Crippen LogP contribution in [-0.2, 0) is 0 Å². The molecule has 0 saturated carbocycles. The Kier molecular flexibility index (Phi) is 1.92. The molecule has 1 atom stereocenters. The summed E-state index contributed by atoms with van der Waals surface area (Å²) in [5.41, 5.74) is 0.817. The summed E-state index contributed by atoms with van der Waals surface area (Å²) < 4.78 is 0. The maximum absolute atomic E-state index is 9.03. The molecule has 0 aliphatic carbocycles. The highest BCUT2D eigenvalue weighted by Crippen LogP contribution is 2.15. The number of hydrogen-bond acceptors (Lipinski definition) is 2. The highest BCUT2D eigenvalue weighted by molar-refractivity contribution is 5.26. The SMILES string of the molecule is C[C@@H](O)c1ccc(O)cc1. The highest BCUT2D eigenvalue weighted by atomic mass is 16.3. The molecule has 0 fully saturated rings. The molecule has 0 amide bonds. The molecular weight excluding hydrogens is 128 g/mol. The lowest BCUT2D eigenvalue weighted by molar-refractivity contribution is 0.199. The van der Waals surface area contributed by atoms with Gasteiger partial charge in [0.15, 0.2) is 0 Å². The number of phenolic OH excluding ortho intramolecular Hbond substituents is 1. The molecule has 0 spiro atoms. The van der Waals surface area contributed by atoms with E-state index in [4.69, 9.17) is 10.2 Å². The summed E-state index contributed by atoms with van der Waals surface area (Å²) in [6, 6.07) is 6.50. The van der Waals surface area contributed by atoms with Gasteiger partial charge in [-0.3, -0.25) is 0 Å². The Morgan fingerprint density at radius 1 is 1.20 bits per heavy atom. The predicted molar refractivity (Wildman–Crippen MR) is 38.7 cm³/mol. The molecule has 1 aromatic carbocycles. The number of benzene rings is 1. The van der Waals surface area contributed by atoms with Crippen molar-refractivity contribution in [3.05, 3.63) is 29.8 Å². The van der Waals surface area contributed by atoms with Crippen LogP contribution in [0.5, 0.6) is 5.75 Å². The molecule has 2 N–H and O–H groups in total. The summed E-state index contributed by atoms with van der Waals surface area (Å²) in [4.78, 5) is 0. The van der Waals surface area contributed by atoms with Gasteiger partial charge in [0.2, 0.25) is 0 Å². The van der Waals surface area contributed by atoms with Crippen molar-refractivity contribution >= 4 is 0 Å². The largest absolute Gasteiger partial charge is 0.508 e. The van der Waals surface area contributed by atoms with Crippen molar-refractivity contribution in [2.75, 3.05) is 0 Å². The summed E-state index contributed by atoms with van der Waals surface area (Å²) in [5, 5.41) is 17.9. The van der Waals surface area contributed by atoms with Gasteiger partial charge in [0.1, 0.15) is 5.75 Å². The number of aliphatic hydroxyl groups excluding tert-OH is 1. The molecule has 0 unspecified atom stereocenters. The maximum atomic E-state index is 9.03. The van der Waals surface area contributed by atoms with Crippen LogP contribution in [0.2, 0.25) is 0 Å². The van der Waals surface area contributed by atoms with Crippen LogP contribution in [0, 0.1) is 0 Å². The summed E-state index contributed by atoms with van der Waals surface area (Å²) in [6.45, 7) is 1.69. The summed E-state index contributed by atoms with van der Waals surface area (Å²) in [7, 11) is 0. The van der Waals surface area contributed by atoms with E-state index in [9.17, 15) is 0 Å². The first-order chi connectivity index (χ1) is 4.70. The molecule has 0 aromatic heterocycles. The zero-order valence-electron chi connectivity index (χ0n) is 5.78. The first kappa shape index (κ1) is 7.09. The summed E-state index contributed by atoms with van der Waals surface area (Å²) in [5.74, 6) is 0.226. The molecule has 1 rings (SSSR count). The van der Waals surface area contributed by atoms with Gasteiger partial charge in [0.25, 0.3) is 0 Å². The molecule has 2 nitrogen and oxygen atoms in total. The van der Waals surface area contributed by atoms with Gasteiger partial charge in [-0.1, -0.05) is 12.1 Å². The monoisotopic (exact) mass is 138 g/mol. The Morgan fingerprint density at radius 3 is 2.10 bits per heavy atom. The number of aromatic hydroxyl groups is 1. The van der Waals surface area contributed by atoms with Gasteiger partial charge < -0.3 is 10.2 Å². The van der Waals surface area contributed by atoms with Crippen LogP contribution in [0.3, 0.4) is 0 Å². The third-order valence-electron chi connectivity index (χ3n) is 1.38. The van der Waals surface area contributed by atoms with Gasteiger partial charge in [-0.25, -0.2) is 0 Å². The second-order valence-corrected chi connectivity index (χ2v) is 2.27. The fourth-order valence-corrected chi connectivity index (χ4v) is 0.753. The molecular formula is C8H10O2. The Morgan fingerprint density at radius 2 is 1.70 bits per heavy atom. The fraction of sp³-hybridized carbons (Fsp3) is 0.250. The number of rotatable bonds is 1. The molecule has 10 heavy (non-hydrogen) atoms. The first-order valence-corrected chi connectivity index (χ1v) is 3.17. The molecule has 1 aromatic rings. The van der Waals surface area contributed by atoms with E-state index < -0.39 is 6.10 Å². The summed E-state index contributed by atoms with van der Waals surface area (Å²) in [6.07, 6.45) is -0.458. The van der Waals surface area contributed by atoms with Gasteiger partial charge in [0, 0.05) is 0 Å². The average Bonchev–Trinajstić information content (AvgIpc) is 1.88. The number of phenols is 1. The zero-order chi connectivity index (χ0) is 7.56. The van der Waals surface area contributed by atoms with Gasteiger partial charge in [-0.15, -0.1) is 0 Å². The molecule has 0 saturated heterocycles. The van der Waals surface area contributed by atoms with E-state index >= 15 is 0 Å². The lowest BCUT2D eigenvalue weighted by Crippen LogP contribution is -1.88. The lowest BCUT2D eigenvalue weighted by Gasteiger charge is -2.02. The Hall–Kier alpha value is -1.02. The minimum absolute atomic E-state index is 0.226. The molecule has 54 valence electrons. The van der Waals surface area contributed by atoms with E-state index in [-0.39, 0.29) is 5.75 Å². The molecule has 2 heteroatoms. The Balaban J connectivity index is 2.89. The van der Waals surface area contributed by atoms with Crippen molar-refractivity contribution in [2.45, 2.75) is 13.0 Å². The van der Waals surface area contributed by atoms with Gasteiger partial charge in [-0.05, 0) is 24.6 Å². The van der Waals surface area contributed by atoms with Crippen molar-refractivity contribution in [3.63, 3.8) is 0 Å². The van der Waals surface area contributed by atoms with Crippen LogP contribution in [0.4, 0.5) is 0 Å². The van der Waals surface area contributed by atoms with E-state index in [0.29, 0.717) is 0 Å². The van der Waals surface area contributed by atoms with Crippen molar-refractivity contribution in [1.82, 2.24) is 0 Å². The molecule has 0 aliphatic rings. The van der Waals surface area contributed by atoms with Crippen molar-refractivity contribution < 1.29 is 10.2 Å². The van der Waals surface area contributed by atoms with E-state index in [2.05, 4.69) is 0 Å². The third-order valence-corrected chi connectivity index (χ3v) is 1.38. The van der Waals surface area contributed by atoms with Crippen LogP contribution in [-0.4, -0.2) is 10.2 Å². The normalized spacial score (nSPS) is 13.0. The predicted octanol–water partition coefficient (Wildman–Crippen LogP) is 1.45. The van der Waals surface area contributed by atoms with Crippen molar-refractivity contribution in [1.29, 1.82) is 0 Å². The fourth-order valence-electron chi connectivity index (χ4n) is 0.753. The molecule has 0 radical (unpaired) electrons. The second kappa shape index (κ2) is 2.71. The van der Waals surface area contributed by atoms with Gasteiger partial charge in [0.05, 0.1) is 6.10 Å². The number of hydrogen-bond donors (Lipinski definition) is 2. The Labute approximate surface area is 59.7 Å². The van der Waals surface area contributed by atoms with Crippen molar-refractivity contribution in [2.24, 2.45) is 0 Å². The molecule has 0 bridgehead atoms. The van der Waals surface area contributed by atoms with Crippen LogP contribution in [0.15, 0.2) is 24.3 Å². The average molecular weight is 138 g/mol. The third kappa shape index (κ3) is 1.48. The highest BCUT2D eigenvalue weighted by Gasteiger charge is 1.97. The van der Waals surface area contributed by atoms with E-state index in [1.807, 2.05) is 0 Å². The van der Waals surface area contributed by atoms with Crippen LogP contribution < -0.4 is 0 Å². The quantitative estimate of drug-likeness (QED) is 0.616. The van der Waals surface area contributed by atoms with Gasteiger partial charge >= 0.3 is 0 Å². The van der Waals surface area contributed by atoms with Crippen LogP contribution in [0.25, 0.3) is 0 Å². The minimum atomic E-state index is -0.458.